The third kappa shape index (κ3) is 3.67. The average Bonchev–Trinajstić information content (AvgIpc) is 3.05. The molecule has 2 N–H and O–H groups in total. The molecule has 2 aliphatic rings. The topological polar surface area (TPSA) is 78.9 Å². The first-order chi connectivity index (χ1) is 12.4. The molecule has 0 radical (unpaired) electrons. The quantitative estimate of drug-likeness (QED) is 0.841. The molecule has 2 aliphatic heterocycles. The lowest BCUT2D eigenvalue weighted by molar-refractivity contribution is -0.147. The van der Waals surface area contributed by atoms with Gasteiger partial charge in [-0.3, -0.25) is 4.79 Å². The van der Waals surface area contributed by atoms with E-state index in [1.54, 1.807) is 11.8 Å². The molecule has 1 aromatic rings. The van der Waals surface area contributed by atoms with Crippen molar-refractivity contribution >= 4 is 23.6 Å². The van der Waals surface area contributed by atoms with Gasteiger partial charge in [-0.2, -0.15) is 0 Å². The predicted molar refractivity (Wildman–Crippen MR) is 98.5 cm³/mol. The Morgan fingerprint density at radius 1 is 1.27 bits per heavy atom. The van der Waals surface area contributed by atoms with Crippen LogP contribution >= 0.6 is 11.6 Å². The number of benzene rings is 1. The Kier molecular flexibility index (Phi) is 5.44. The summed E-state index contributed by atoms with van der Waals surface area (Å²) >= 11 is 6.43. The Morgan fingerprint density at radius 3 is 2.58 bits per heavy atom. The van der Waals surface area contributed by atoms with Crippen molar-refractivity contribution in [3.63, 3.8) is 0 Å². The van der Waals surface area contributed by atoms with E-state index in [4.69, 9.17) is 16.3 Å². The molecule has 2 fully saturated rings. The van der Waals surface area contributed by atoms with E-state index in [9.17, 15) is 14.7 Å². The van der Waals surface area contributed by atoms with Crippen LogP contribution in [0.5, 0.6) is 0 Å². The summed E-state index contributed by atoms with van der Waals surface area (Å²) in [4.78, 5) is 25.6. The fourth-order valence-electron chi connectivity index (χ4n) is 3.86. The minimum absolute atomic E-state index is 0.215. The molecule has 0 aliphatic carbocycles. The number of carboxylic acid groups (broad SMARTS) is 1. The van der Waals surface area contributed by atoms with Crippen LogP contribution in [-0.4, -0.2) is 54.9 Å². The van der Waals surface area contributed by atoms with Crippen LogP contribution in [-0.2, 0) is 14.9 Å². The summed E-state index contributed by atoms with van der Waals surface area (Å²) in [5.41, 5.74) is -0.0968. The number of carbonyl (C=O) groups is 2. The molecule has 142 valence electrons. The molecule has 0 bridgehead atoms. The standard InChI is InChI=1S/C19H25ClN2O4/c1-18(16(23)24)6-9-22(13-18)17(25)21-12-19(7-10-26-11-8-19)14-4-2-3-5-15(14)20/h2-5H,6-13H2,1H3,(H,21,25)(H,23,24). The van der Waals surface area contributed by atoms with E-state index >= 15 is 0 Å². The second kappa shape index (κ2) is 7.45. The second-order valence-electron chi connectivity index (χ2n) is 7.57. The van der Waals surface area contributed by atoms with Gasteiger partial charge in [-0.05, 0) is 37.8 Å². The summed E-state index contributed by atoms with van der Waals surface area (Å²) in [5.74, 6) is -0.857. The van der Waals surface area contributed by atoms with Gasteiger partial charge in [-0.25, -0.2) is 4.79 Å². The maximum atomic E-state index is 12.6. The summed E-state index contributed by atoms with van der Waals surface area (Å²) in [7, 11) is 0. The van der Waals surface area contributed by atoms with Gasteiger partial charge >= 0.3 is 12.0 Å². The molecule has 1 aromatic carbocycles. The van der Waals surface area contributed by atoms with E-state index in [0.29, 0.717) is 37.7 Å². The lowest BCUT2D eigenvalue weighted by Crippen LogP contribution is -2.48. The normalized spacial score (nSPS) is 25.1. The number of nitrogens with one attached hydrogen (secondary N) is 1. The van der Waals surface area contributed by atoms with Crippen LogP contribution in [0.15, 0.2) is 24.3 Å². The number of aliphatic carboxylic acids is 1. The van der Waals surface area contributed by atoms with Gasteiger partial charge in [0.25, 0.3) is 0 Å². The van der Waals surface area contributed by atoms with Gasteiger partial charge in [0.05, 0.1) is 5.41 Å². The summed E-state index contributed by atoms with van der Waals surface area (Å²) in [5, 5.41) is 13.1. The number of carbonyl (C=O) groups excluding carboxylic acids is 1. The Bertz CT molecular complexity index is 690. The zero-order chi connectivity index (χ0) is 18.8. The minimum atomic E-state index is -0.865. The highest BCUT2D eigenvalue weighted by Gasteiger charge is 2.43. The molecule has 1 unspecified atom stereocenters. The number of halogens is 1. The van der Waals surface area contributed by atoms with Crippen LogP contribution in [0.25, 0.3) is 0 Å². The highest BCUT2D eigenvalue weighted by molar-refractivity contribution is 6.31. The van der Waals surface area contributed by atoms with E-state index in [2.05, 4.69) is 5.32 Å². The van der Waals surface area contributed by atoms with E-state index in [0.717, 1.165) is 18.4 Å². The van der Waals surface area contributed by atoms with Crippen molar-refractivity contribution in [3.05, 3.63) is 34.9 Å². The molecule has 1 atom stereocenters. The number of nitrogens with zero attached hydrogens (tertiary/aromatic N) is 1. The predicted octanol–water partition coefficient (Wildman–Crippen LogP) is 2.89. The third-order valence-electron chi connectivity index (χ3n) is 5.75. The van der Waals surface area contributed by atoms with Gasteiger partial charge in [0.1, 0.15) is 0 Å². The lowest BCUT2D eigenvalue weighted by Gasteiger charge is -2.38. The molecular weight excluding hydrogens is 356 g/mol. The molecule has 3 rings (SSSR count). The van der Waals surface area contributed by atoms with Crippen LogP contribution in [0.2, 0.25) is 5.02 Å². The van der Waals surface area contributed by atoms with Crippen molar-refractivity contribution in [2.75, 3.05) is 32.8 Å². The van der Waals surface area contributed by atoms with Gasteiger partial charge in [-0.15, -0.1) is 0 Å². The summed E-state index contributed by atoms with van der Waals surface area (Å²) in [6.45, 7) is 4.09. The first-order valence-corrected chi connectivity index (χ1v) is 9.33. The molecule has 0 spiro atoms. The average molecular weight is 381 g/mol. The second-order valence-corrected chi connectivity index (χ2v) is 7.98. The maximum Gasteiger partial charge on any atom is 0.317 e. The molecule has 0 saturated carbocycles. The fraction of sp³-hybridized carbons (Fsp3) is 0.579. The highest BCUT2D eigenvalue weighted by atomic mass is 35.5. The van der Waals surface area contributed by atoms with Crippen molar-refractivity contribution in [3.8, 4) is 0 Å². The molecule has 2 saturated heterocycles. The molecule has 6 nitrogen and oxygen atoms in total. The van der Waals surface area contributed by atoms with Gasteiger partial charge in [-0.1, -0.05) is 29.8 Å². The van der Waals surface area contributed by atoms with Crippen LogP contribution < -0.4 is 5.32 Å². The zero-order valence-electron chi connectivity index (χ0n) is 15.0. The number of hydrogen-bond donors (Lipinski definition) is 2. The Morgan fingerprint density at radius 2 is 1.96 bits per heavy atom. The van der Waals surface area contributed by atoms with Crippen molar-refractivity contribution in [1.29, 1.82) is 0 Å². The Balaban J connectivity index is 1.70. The van der Waals surface area contributed by atoms with Crippen molar-refractivity contribution in [2.24, 2.45) is 5.41 Å². The number of urea groups is 1. The highest BCUT2D eigenvalue weighted by Crippen LogP contribution is 2.38. The van der Waals surface area contributed by atoms with Crippen molar-refractivity contribution in [1.82, 2.24) is 10.2 Å². The number of likely N-dealkylation sites (tertiary alicyclic amines) is 1. The first kappa shape index (κ1) is 19.0. The Labute approximate surface area is 158 Å². The van der Waals surface area contributed by atoms with E-state index in [1.807, 2.05) is 24.3 Å². The van der Waals surface area contributed by atoms with Crippen LogP contribution in [0.3, 0.4) is 0 Å². The SMILES string of the molecule is CC1(C(=O)O)CCN(C(=O)NCC2(c3ccccc3Cl)CCOCC2)C1. The van der Waals surface area contributed by atoms with E-state index < -0.39 is 11.4 Å². The minimum Gasteiger partial charge on any atom is -0.481 e. The monoisotopic (exact) mass is 380 g/mol. The summed E-state index contributed by atoms with van der Waals surface area (Å²) in [6.07, 6.45) is 2.03. The molecule has 2 heterocycles. The van der Waals surface area contributed by atoms with Crippen molar-refractivity contribution < 1.29 is 19.4 Å². The van der Waals surface area contributed by atoms with E-state index in [-0.39, 0.29) is 18.0 Å². The smallest absolute Gasteiger partial charge is 0.317 e. The molecular formula is C19H25ClN2O4. The number of hydrogen-bond acceptors (Lipinski definition) is 3. The molecule has 2 amide bonds. The largest absolute Gasteiger partial charge is 0.481 e. The summed E-state index contributed by atoms with van der Waals surface area (Å²) < 4.78 is 5.51. The maximum absolute atomic E-state index is 12.6. The molecule has 0 aromatic heterocycles. The number of rotatable bonds is 4. The Hall–Kier alpha value is -1.79. The van der Waals surface area contributed by atoms with E-state index in [1.165, 1.54) is 0 Å². The van der Waals surface area contributed by atoms with Crippen LogP contribution in [0.4, 0.5) is 4.79 Å². The van der Waals surface area contributed by atoms with Gasteiger partial charge in [0.15, 0.2) is 0 Å². The van der Waals surface area contributed by atoms with Gasteiger partial charge < -0.3 is 20.1 Å². The zero-order valence-corrected chi connectivity index (χ0v) is 15.7. The van der Waals surface area contributed by atoms with Crippen LogP contribution in [0.1, 0.15) is 31.7 Å². The van der Waals surface area contributed by atoms with Crippen molar-refractivity contribution in [2.45, 2.75) is 31.6 Å². The number of carboxylic acids is 1. The first-order valence-electron chi connectivity index (χ1n) is 8.95. The fourth-order valence-corrected chi connectivity index (χ4v) is 4.20. The van der Waals surface area contributed by atoms with Gasteiger partial charge in [0.2, 0.25) is 0 Å². The molecule has 7 heteroatoms. The number of ether oxygens (including phenoxy) is 1. The summed E-state index contributed by atoms with van der Waals surface area (Å²) in [6, 6.07) is 7.52. The van der Waals surface area contributed by atoms with Crippen LogP contribution in [0, 0.1) is 5.41 Å². The number of amides is 2. The third-order valence-corrected chi connectivity index (χ3v) is 6.08. The lowest BCUT2D eigenvalue weighted by atomic mass is 9.74. The molecule has 26 heavy (non-hydrogen) atoms. The van der Waals surface area contributed by atoms with Gasteiger partial charge in [0, 0.05) is 43.3 Å².